The number of amides is 3. The first-order chi connectivity index (χ1) is 10.1. The minimum Gasteiger partial charge on any atom is -0.345 e. The molecule has 0 aliphatic rings. The third-order valence-corrected chi connectivity index (χ3v) is 2.90. The third kappa shape index (κ3) is 5.55. The van der Waals surface area contributed by atoms with Gasteiger partial charge in [0.05, 0.1) is 0 Å². The van der Waals surface area contributed by atoms with Crippen molar-refractivity contribution in [3.63, 3.8) is 0 Å². The van der Waals surface area contributed by atoms with Crippen molar-refractivity contribution < 1.29 is 14.4 Å². The van der Waals surface area contributed by atoms with E-state index in [0.717, 1.165) is 0 Å². The lowest BCUT2D eigenvalue weighted by atomic mass is 9.95. The van der Waals surface area contributed by atoms with Crippen molar-refractivity contribution in [2.75, 3.05) is 10.6 Å². The summed E-state index contributed by atoms with van der Waals surface area (Å²) in [5, 5.41) is 8.00. The fourth-order valence-electron chi connectivity index (χ4n) is 1.58. The highest BCUT2D eigenvalue weighted by atomic mass is 16.2. The summed E-state index contributed by atoms with van der Waals surface area (Å²) >= 11 is 0. The van der Waals surface area contributed by atoms with Crippen LogP contribution in [-0.2, 0) is 14.4 Å². The molecule has 3 amide bonds. The third-order valence-electron chi connectivity index (χ3n) is 2.90. The van der Waals surface area contributed by atoms with E-state index >= 15 is 0 Å². The van der Waals surface area contributed by atoms with Gasteiger partial charge in [-0.3, -0.25) is 14.4 Å². The predicted octanol–water partition coefficient (Wildman–Crippen LogP) is 2.13. The van der Waals surface area contributed by atoms with Crippen molar-refractivity contribution in [1.82, 2.24) is 5.32 Å². The molecule has 1 aromatic rings. The van der Waals surface area contributed by atoms with Gasteiger partial charge < -0.3 is 16.0 Å². The van der Waals surface area contributed by atoms with Gasteiger partial charge >= 0.3 is 0 Å². The average Bonchev–Trinajstić information content (AvgIpc) is 2.39. The highest BCUT2D eigenvalue weighted by Gasteiger charge is 2.21. The molecule has 0 unspecified atom stereocenters. The molecule has 3 N–H and O–H groups in total. The lowest BCUT2D eigenvalue weighted by Gasteiger charge is -2.18. The fourth-order valence-corrected chi connectivity index (χ4v) is 1.58. The predicted molar refractivity (Wildman–Crippen MR) is 86.4 cm³/mol. The normalized spacial score (nSPS) is 12.2. The van der Waals surface area contributed by atoms with Gasteiger partial charge in [-0.1, -0.05) is 20.8 Å². The summed E-state index contributed by atoms with van der Waals surface area (Å²) in [5.74, 6) is -0.645. The maximum Gasteiger partial charge on any atom is 0.246 e. The van der Waals surface area contributed by atoms with Crippen molar-refractivity contribution >= 4 is 29.1 Å². The molecular weight excluding hydrogens is 282 g/mol. The van der Waals surface area contributed by atoms with Gasteiger partial charge in [0, 0.05) is 23.7 Å². The van der Waals surface area contributed by atoms with Crippen LogP contribution in [0.25, 0.3) is 0 Å². The zero-order valence-corrected chi connectivity index (χ0v) is 13.6. The molecule has 1 atom stereocenters. The van der Waals surface area contributed by atoms with E-state index in [1.54, 1.807) is 31.2 Å². The standard InChI is InChI=1S/C16H23N3O3/c1-10(17-11(2)20)14(21)18-12-6-8-13(9-7-12)19-15(22)16(3,4)5/h6-10H,1-5H3,(H,17,20)(H,18,21)(H,19,22)/t10-/m0/s1. The quantitative estimate of drug-likeness (QED) is 0.796. The Kier molecular flexibility index (Phi) is 5.68. The van der Waals surface area contributed by atoms with E-state index in [9.17, 15) is 14.4 Å². The molecule has 0 radical (unpaired) electrons. The maximum atomic E-state index is 11.9. The molecule has 0 spiro atoms. The summed E-state index contributed by atoms with van der Waals surface area (Å²) in [6.45, 7) is 8.46. The van der Waals surface area contributed by atoms with E-state index in [-0.39, 0.29) is 17.7 Å². The van der Waals surface area contributed by atoms with E-state index in [0.29, 0.717) is 11.4 Å². The maximum absolute atomic E-state index is 11.9. The fraction of sp³-hybridized carbons (Fsp3) is 0.438. The second kappa shape index (κ2) is 7.06. The number of carbonyl (C=O) groups is 3. The van der Waals surface area contributed by atoms with E-state index in [4.69, 9.17) is 0 Å². The van der Waals surface area contributed by atoms with Crippen molar-refractivity contribution in [3.05, 3.63) is 24.3 Å². The Bertz CT molecular complexity index is 559. The van der Waals surface area contributed by atoms with Crippen molar-refractivity contribution in [2.45, 2.75) is 40.7 Å². The Balaban J connectivity index is 2.64. The Morgan fingerprint density at radius 1 is 0.955 bits per heavy atom. The van der Waals surface area contributed by atoms with Crippen LogP contribution < -0.4 is 16.0 Å². The average molecular weight is 305 g/mol. The van der Waals surface area contributed by atoms with Gasteiger partial charge in [-0.25, -0.2) is 0 Å². The second-order valence-electron chi connectivity index (χ2n) is 6.19. The number of nitrogens with one attached hydrogen (secondary N) is 3. The summed E-state index contributed by atoms with van der Waals surface area (Å²) in [7, 11) is 0. The molecule has 0 fully saturated rings. The minimum absolute atomic E-state index is 0.0800. The number of rotatable bonds is 4. The molecule has 1 rings (SSSR count). The van der Waals surface area contributed by atoms with E-state index < -0.39 is 11.5 Å². The van der Waals surface area contributed by atoms with Gasteiger partial charge in [-0.05, 0) is 31.2 Å². The Hall–Kier alpha value is -2.37. The molecule has 0 aliphatic carbocycles. The SMILES string of the molecule is CC(=O)N[C@@H](C)C(=O)Nc1ccc(NC(=O)C(C)(C)C)cc1. The molecule has 120 valence electrons. The van der Waals surface area contributed by atoms with Crippen LogP contribution in [0.5, 0.6) is 0 Å². The van der Waals surface area contributed by atoms with Crippen LogP contribution in [0.2, 0.25) is 0 Å². The molecule has 6 nitrogen and oxygen atoms in total. The monoisotopic (exact) mass is 305 g/mol. The zero-order valence-electron chi connectivity index (χ0n) is 13.6. The number of benzene rings is 1. The Labute approximate surface area is 130 Å². The summed E-state index contributed by atoms with van der Waals surface area (Å²) in [6.07, 6.45) is 0. The topological polar surface area (TPSA) is 87.3 Å². The lowest BCUT2D eigenvalue weighted by Crippen LogP contribution is -2.40. The molecule has 1 aromatic carbocycles. The Morgan fingerprint density at radius 3 is 1.82 bits per heavy atom. The molecule has 22 heavy (non-hydrogen) atoms. The van der Waals surface area contributed by atoms with Crippen LogP contribution in [0.4, 0.5) is 11.4 Å². The summed E-state index contributed by atoms with van der Waals surface area (Å²) in [5.41, 5.74) is 0.782. The number of hydrogen-bond donors (Lipinski definition) is 3. The van der Waals surface area contributed by atoms with Gasteiger partial charge in [0.1, 0.15) is 6.04 Å². The van der Waals surface area contributed by atoms with E-state index in [1.807, 2.05) is 20.8 Å². The van der Waals surface area contributed by atoms with Gasteiger partial charge in [-0.15, -0.1) is 0 Å². The first kappa shape index (κ1) is 17.7. The van der Waals surface area contributed by atoms with Crippen LogP contribution >= 0.6 is 0 Å². The van der Waals surface area contributed by atoms with Crippen LogP contribution in [0.3, 0.4) is 0 Å². The number of anilines is 2. The number of carbonyl (C=O) groups excluding carboxylic acids is 3. The Morgan fingerprint density at radius 2 is 1.41 bits per heavy atom. The van der Waals surface area contributed by atoms with Crippen LogP contribution in [0.15, 0.2) is 24.3 Å². The van der Waals surface area contributed by atoms with Gasteiger partial charge in [-0.2, -0.15) is 0 Å². The molecule has 0 heterocycles. The van der Waals surface area contributed by atoms with Crippen molar-refractivity contribution in [3.8, 4) is 0 Å². The summed E-state index contributed by atoms with van der Waals surface area (Å²) < 4.78 is 0. The molecule has 0 saturated heterocycles. The first-order valence-corrected chi connectivity index (χ1v) is 7.09. The number of hydrogen-bond acceptors (Lipinski definition) is 3. The highest BCUT2D eigenvalue weighted by Crippen LogP contribution is 2.19. The van der Waals surface area contributed by atoms with Gasteiger partial charge in [0.2, 0.25) is 17.7 Å². The molecule has 0 aromatic heterocycles. The van der Waals surface area contributed by atoms with Gasteiger partial charge in [0.15, 0.2) is 0 Å². The van der Waals surface area contributed by atoms with E-state index in [1.165, 1.54) is 6.92 Å². The summed E-state index contributed by atoms with van der Waals surface area (Å²) in [6, 6.07) is 6.19. The highest BCUT2D eigenvalue weighted by molar-refractivity contribution is 5.97. The second-order valence-corrected chi connectivity index (χ2v) is 6.19. The minimum atomic E-state index is -0.613. The molecule has 0 bridgehead atoms. The zero-order chi connectivity index (χ0) is 16.9. The van der Waals surface area contributed by atoms with Crippen molar-refractivity contribution in [1.29, 1.82) is 0 Å². The molecule has 0 aliphatic heterocycles. The molecule has 6 heteroatoms. The van der Waals surface area contributed by atoms with Crippen molar-refractivity contribution in [2.24, 2.45) is 5.41 Å². The van der Waals surface area contributed by atoms with Crippen LogP contribution in [-0.4, -0.2) is 23.8 Å². The van der Waals surface area contributed by atoms with E-state index in [2.05, 4.69) is 16.0 Å². The largest absolute Gasteiger partial charge is 0.345 e. The van der Waals surface area contributed by atoms with Crippen LogP contribution in [0, 0.1) is 5.41 Å². The summed E-state index contributed by atoms with van der Waals surface area (Å²) in [4.78, 5) is 34.6. The lowest BCUT2D eigenvalue weighted by molar-refractivity contribution is -0.124. The van der Waals surface area contributed by atoms with Gasteiger partial charge in [0.25, 0.3) is 0 Å². The van der Waals surface area contributed by atoms with Crippen LogP contribution in [0.1, 0.15) is 34.6 Å². The molecule has 0 saturated carbocycles. The molecular formula is C16H23N3O3. The smallest absolute Gasteiger partial charge is 0.246 e. The first-order valence-electron chi connectivity index (χ1n) is 7.09.